The van der Waals surface area contributed by atoms with Crippen molar-refractivity contribution in [3.63, 3.8) is 0 Å². The fourth-order valence-corrected chi connectivity index (χ4v) is 4.70. The molecule has 41 heavy (non-hydrogen) atoms. The van der Waals surface area contributed by atoms with E-state index in [1.54, 1.807) is 6.92 Å². The molecule has 1 nitrogen and oxygen atoms in total. The molecule has 0 saturated heterocycles. The molecule has 0 heterocycles. The van der Waals surface area contributed by atoms with Crippen LogP contribution in [-0.4, -0.2) is 0 Å². The van der Waals surface area contributed by atoms with Crippen LogP contribution in [0.15, 0.2) is 60.7 Å². The summed E-state index contributed by atoms with van der Waals surface area (Å²) in [4.78, 5) is 0. The molecule has 2 atom stereocenters. The summed E-state index contributed by atoms with van der Waals surface area (Å²) in [5, 5.41) is 3.20. The van der Waals surface area contributed by atoms with Crippen molar-refractivity contribution in [2.45, 2.75) is 53.4 Å². The minimum atomic E-state index is -1.75. The molecule has 0 bridgehead atoms. The Kier molecular flexibility index (Phi) is 11.4. The van der Waals surface area contributed by atoms with E-state index < -0.39 is 34.9 Å². The van der Waals surface area contributed by atoms with Crippen molar-refractivity contribution in [1.82, 2.24) is 0 Å². The normalized spacial score (nSPS) is 11.6. The van der Waals surface area contributed by atoms with Gasteiger partial charge in [0.05, 0.1) is 0 Å². The molecule has 4 aromatic carbocycles. The van der Waals surface area contributed by atoms with E-state index in [1.165, 1.54) is 12.1 Å². The Morgan fingerprint density at radius 1 is 0.707 bits per heavy atom. The van der Waals surface area contributed by atoms with Crippen molar-refractivity contribution in [3.8, 4) is 0 Å². The average Bonchev–Trinajstić information content (AvgIpc) is 2.95. The molecule has 8 heteroatoms. The minimum Gasteiger partial charge on any atom is -0.355 e. The molecule has 218 valence electrons. The monoisotopic (exact) mass is 589 g/mol. The molecule has 0 aromatic heterocycles. The third-order valence-corrected chi connectivity index (χ3v) is 7.62. The Balaban J connectivity index is 0.000000250. The van der Waals surface area contributed by atoms with Crippen LogP contribution < -0.4 is 10.6 Å². The summed E-state index contributed by atoms with van der Waals surface area (Å²) < 4.78 is 80.5. The molecule has 0 amide bonds. The standard InChI is InChI=1S/C22H21F2N.C11H13F4P/c1-15-13-19(23)18(20(24)14-15)12-11-17-8-4-6-10-22(17)25-21-9-5-3-7-16(21)2;1-3-5(2)4-6-7(12)8(13)9(14)10(15)11(6)16/h3-10,13-14,25H,11-12H2,1-2H3;5H,3-4,16H2,1-2H3. The number of rotatable bonds is 8. The zero-order valence-corrected chi connectivity index (χ0v) is 24.7. The molecule has 0 aliphatic carbocycles. The summed E-state index contributed by atoms with van der Waals surface area (Å²) in [6.45, 7) is 7.46. The van der Waals surface area contributed by atoms with E-state index in [4.69, 9.17) is 0 Å². The van der Waals surface area contributed by atoms with E-state index in [1.807, 2.05) is 78.5 Å². The second-order valence-corrected chi connectivity index (χ2v) is 10.7. The van der Waals surface area contributed by atoms with Crippen LogP contribution in [0.25, 0.3) is 0 Å². The van der Waals surface area contributed by atoms with Gasteiger partial charge in [0.2, 0.25) is 0 Å². The van der Waals surface area contributed by atoms with E-state index in [2.05, 4.69) is 5.32 Å². The maximum absolute atomic E-state index is 14.1. The highest BCUT2D eigenvalue weighted by atomic mass is 31.0. The Bertz CT molecular complexity index is 1450. The van der Waals surface area contributed by atoms with Crippen molar-refractivity contribution < 1.29 is 26.3 Å². The highest BCUT2D eigenvalue weighted by Gasteiger charge is 2.23. The van der Waals surface area contributed by atoms with Gasteiger partial charge in [0, 0.05) is 27.8 Å². The molecule has 0 spiro atoms. The zero-order chi connectivity index (χ0) is 30.3. The summed E-state index contributed by atoms with van der Waals surface area (Å²) in [7, 11) is 1.92. The van der Waals surface area contributed by atoms with Gasteiger partial charge in [-0.2, -0.15) is 0 Å². The van der Waals surface area contributed by atoms with Crippen LogP contribution in [0.1, 0.15) is 48.1 Å². The average molecular weight is 590 g/mol. The molecule has 2 unspecified atom stereocenters. The summed E-state index contributed by atoms with van der Waals surface area (Å²) in [6.07, 6.45) is 1.83. The molecular formula is C33H34F6NP. The van der Waals surface area contributed by atoms with Gasteiger partial charge in [0.1, 0.15) is 11.6 Å². The molecular weight excluding hydrogens is 555 g/mol. The lowest BCUT2D eigenvalue weighted by Crippen LogP contribution is -2.18. The van der Waals surface area contributed by atoms with E-state index >= 15 is 0 Å². The van der Waals surface area contributed by atoms with Gasteiger partial charge in [-0.05, 0) is 80.0 Å². The SMILES string of the molecule is CCC(C)Cc1c(F)c(F)c(F)c(F)c1P.Cc1cc(F)c(CCc2ccccc2Nc2ccccc2C)c(F)c1. The van der Waals surface area contributed by atoms with Crippen LogP contribution in [-0.2, 0) is 19.3 Å². The van der Waals surface area contributed by atoms with Gasteiger partial charge in [0.25, 0.3) is 0 Å². The lowest BCUT2D eigenvalue weighted by molar-refractivity contribution is 0.403. The predicted octanol–water partition coefficient (Wildman–Crippen LogP) is 9.44. The third kappa shape index (κ3) is 8.13. The van der Waals surface area contributed by atoms with Crippen LogP contribution in [0, 0.1) is 54.7 Å². The van der Waals surface area contributed by atoms with Crippen LogP contribution in [0.5, 0.6) is 0 Å². The van der Waals surface area contributed by atoms with Gasteiger partial charge in [0.15, 0.2) is 23.3 Å². The van der Waals surface area contributed by atoms with Crippen LogP contribution in [0.3, 0.4) is 0 Å². The first-order valence-corrected chi connectivity index (χ1v) is 14.0. The molecule has 0 aliphatic heterocycles. The fourth-order valence-electron chi connectivity index (χ4n) is 4.33. The smallest absolute Gasteiger partial charge is 0.198 e. The lowest BCUT2D eigenvalue weighted by atomic mass is 9.98. The number of anilines is 2. The Morgan fingerprint density at radius 3 is 1.88 bits per heavy atom. The maximum atomic E-state index is 14.1. The summed E-state index contributed by atoms with van der Waals surface area (Å²) in [6, 6.07) is 18.7. The topological polar surface area (TPSA) is 12.0 Å². The van der Waals surface area contributed by atoms with Crippen molar-refractivity contribution in [2.24, 2.45) is 5.92 Å². The number of hydrogen-bond acceptors (Lipinski definition) is 1. The van der Waals surface area contributed by atoms with Crippen molar-refractivity contribution in [3.05, 3.63) is 123 Å². The van der Waals surface area contributed by atoms with Gasteiger partial charge in [-0.15, -0.1) is 9.24 Å². The van der Waals surface area contributed by atoms with Gasteiger partial charge in [-0.3, -0.25) is 0 Å². The summed E-state index contributed by atoms with van der Waals surface area (Å²) >= 11 is 0. The minimum absolute atomic E-state index is 0.0815. The lowest BCUT2D eigenvalue weighted by Gasteiger charge is -2.14. The largest absolute Gasteiger partial charge is 0.355 e. The predicted molar refractivity (Wildman–Crippen MR) is 158 cm³/mol. The van der Waals surface area contributed by atoms with E-state index in [0.29, 0.717) is 18.4 Å². The zero-order valence-electron chi connectivity index (χ0n) is 23.5. The number of aryl methyl sites for hydroxylation is 3. The first kappa shape index (κ1) is 32.2. The number of nitrogens with one attached hydrogen (secondary N) is 1. The molecule has 0 fully saturated rings. The van der Waals surface area contributed by atoms with Gasteiger partial charge in [-0.1, -0.05) is 56.7 Å². The number of hydrogen-bond donors (Lipinski definition) is 1. The first-order chi connectivity index (χ1) is 19.4. The Hall–Kier alpha value is -3.31. The molecule has 4 rings (SSSR count). The fraction of sp³-hybridized carbons (Fsp3) is 0.273. The van der Waals surface area contributed by atoms with E-state index in [-0.39, 0.29) is 28.8 Å². The second-order valence-electron chi connectivity index (χ2n) is 10.2. The van der Waals surface area contributed by atoms with Gasteiger partial charge < -0.3 is 5.32 Å². The molecule has 0 saturated carbocycles. The molecule has 0 aliphatic rings. The van der Waals surface area contributed by atoms with Gasteiger partial charge in [-0.25, -0.2) is 26.3 Å². The van der Waals surface area contributed by atoms with E-state index in [9.17, 15) is 26.3 Å². The quantitative estimate of drug-likeness (QED) is 0.0935. The first-order valence-electron chi connectivity index (χ1n) is 13.4. The maximum Gasteiger partial charge on any atom is 0.198 e. The van der Waals surface area contributed by atoms with E-state index in [0.717, 1.165) is 28.9 Å². The highest BCUT2D eigenvalue weighted by Crippen LogP contribution is 2.26. The summed E-state index contributed by atoms with van der Waals surface area (Å²) in [5.74, 6) is -6.97. The molecule has 0 radical (unpaired) electrons. The van der Waals surface area contributed by atoms with Gasteiger partial charge >= 0.3 is 0 Å². The van der Waals surface area contributed by atoms with Crippen molar-refractivity contribution >= 4 is 25.9 Å². The Labute approximate surface area is 240 Å². The van der Waals surface area contributed by atoms with Crippen molar-refractivity contribution in [2.75, 3.05) is 5.32 Å². The van der Waals surface area contributed by atoms with Crippen LogP contribution in [0.2, 0.25) is 0 Å². The second kappa shape index (κ2) is 14.5. The summed E-state index contributed by atoms with van der Waals surface area (Å²) in [5.41, 5.74) is 4.82. The van der Waals surface area contributed by atoms with Crippen LogP contribution in [0.4, 0.5) is 37.7 Å². The van der Waals surface area contributed by atoms with Crippen LogP contribution >= 0.6 is 9.24 Å². The Morgan fingerprint density at radius 2 is 1.27 bits per heavy atom. The number of halogens is 6. The highest BCUT2D eigenvalue weighted by molar-refractivity contribution is 7.27. The molecule has 1 N–H and O–H groups in total. The molecule has 4 aromatic rings. The number of benzene rings is 4. The third-order valence-electron chi connectivity index (χ3n) is 7.02. The van der Waals surface area contributed by atoms with Crippen molar-refractivity contribution in [1.29, 1.82) is 0 Å². The number of para-hydroxylation sites is 2.